The Morgan fingerprint density at radius 1 is 1.32 bits per heavy atom. The summed E-state index contributed by atoms with van der Waals surface area (Å²) in [5, 5.41) is 20.3. The summed E-state index contributed by atoms with van der Waals surface area (Å²) < 4.78 is 7.12. The zero-order valence-electron chi connectivity index (χ0n) is 16.0. The van der Waals surface area contributed by atoms with E-state index in [1.54, 1.807) is 32.3 Å². The SMILES string of the molecule is CO/C(C)=C(\C(C)=N)C1=C(c2cn(CCCO)c3ncccc23)C(=O)NC1=O. The Labute approximate surface area is 162 Å². The zero-order valence-corrected chi connectivity index (χ0v) is 16.0. The van der Waals surface area contributed by atoms with Crippen LogP contribution in [0.5, 0.6) is 0 Å². The van der Waals surface area contributed by atoms with Crippen LogP contribution in [0.2, 0.25) is 0 Å². The number of ether oxygens (including phenoxy) is 1. The number of nitrogens with one attached hydrogen (secondary N) is 2. The maximum absolute atomic E-state index is 12.7. The van der Waals surface area contributed by atoms with Gasteiger partial charge in [-0.05, 0) is 32.4 Å². The molecule has 0 unspecified atom stereocenters. The van der Waals surface area contributed by atoms with E-state index in [1.165, 1.54) is 7.11 Å². The average Bonchev–Trinajstić information content (AvgIpc) is 3.16. The molecule has 8 heteroatoms. The van der Waals surface area contributed by atoms with Crippen molar-refractivity contribution in [2.45, 2.75) is 26.8 Å². The van der Waals surface area contributed by atoms with Crippen LogP contribution in [0.1, 0.15) is 25.8 Å². The normalized spacial score (nSPS) is 15.1. The Hall–Kier alpha value is -3.26. The number of hydrogen-bond acceptors (Lipinski definition) is 6. The maximum atomic E-state index is 12.7. The average molecular weight is 382 g/mol. The molecule has 0 spiro atoms. The number of hydrogen-bond donors (Lipinski definition) is 3. The van der Waals surface area contributed by atoms with Crippen LogP contribution in [0.4, 0.5) is 0 Å². The van der Waals surface area contributed by atoms with Gasteiger partial charge >= 0.3 is 0 Å². The molecular formula is C20H22N4O4. The molecule has 2 aromatic heterocycles. The van der Waals surface area contributed by atoms with Gasteiger partial charge in [0.25, 0.3) is 11.8 Å². The lowest BCUT2D eigenvalue weighted by molar-refractivity contribution is -0.123. The van der Waals surface area contributed by atoms with E-state index in [-0.39, 0.29) is 23.5 Å². The first-order chi connectivity index (χ1) is 13.4. The van der Waals surface area contributed by atoms with Crippen molar-refractivity contribution < 1.29 is 19.4 Å². The lowest BCUT2D eigenvalue weighted by Crippen LogP contribution is -2.24. The second-order valence-corrected chi connectivity index (χ2v) is 6.48. The molecule has 0 aliphatic carbocycles. The molecule has 0 bridgehead atoms. The number of carbonyl (C=O) groups is 2. The number of imide groups is 1. The van der Waals surface area contributed by atoms with Gasteiger partial charge in [-0.25, -0.2) is 4.98 Å². The number of carbonyl (C=O) groups excluding carboxylic acids is 2. The van der Waals surface area contributed by atoms with Gasteiger partial charge in [-0.15, -0.1) is 0 Å². The first kappa shape index (κ1) is 19.5. The van der Waals surface area contributed by atoms with Gasteiger partial charge in [-0.2, -0.15) is 0 Å². The summed E-state index contributed by atoms with van der Waals surface area (Å²) in [6, 6.07) is 3.59. The van der Waals surface area contributed by atoms with E-state index in [9.17, 15) is 9.59 Å². The fourth-order valence-corrected chi connectivity index (χ4v) is 3.41. The van der Waals surface area contributed by atoms with Crippen molar-refractivity contribution in [3.05, 3.63) is 47.0 Å². The highest BCUT2D eigenvalue weighted by atomic mass is 16.5. The quantitative estimate of drug-likeness (QED) is 0.383. The van der Waals surface area contributed by atoms with Gasteiger partial charge in [0.05, 0.1) is 18.3 Å². The molecule has 2 amide bonds. The molecule has 2 aromatic rings. The summed E-state index contributed by atoms with van der Waals surface area (Å²) in [4.78, 5) is 29.7. The van der Waals surface area contributed by atoms with E-state index in [1.807, 2.05) is 10.6 Å². The van der Waals surface area contributed by atoms with Crippen molar-refractivity contribution in [2.75, 3.05) is 13.7 Å². The minimum atomic E-state index is -0.557. The van der Waals surface area contributed by atoms with Crippen LogP contribution in [0.25, 0.3) is 16.6 Å². The number of methoxy groups -OCH3 is 1. The maximum Gasteiger partial charge on any atom is 0.259 e. The van der Waals surface area contributed by atoms with Gasteiger partial charge in [0.2, 0.25) is 0 Å². The largest absolute Gasteiger partial charge is 0.501 e. The van der Waals surface area contributed by atoms with Crippen LogP contribution in [0, 0.1) is 5.41 Å². The van der Waals surface area contributed by atoms with Crippen molar-refractivity contribution in [3.63, 3.8) is 0 Å². The third-order valence-electron chi connectivity index (χ3n) is 4.67. The summed E-state index contributed by atoms with van der Waals surface area (Å²) in [6.45, 7) is 3.75. The minimum absolute atomic E-state index is 0.0294. The van der Waals surface area contributed by atoms with Crippen LogP contribution in [-0.4, -0.2) is 45.9 Å². The van der Waals surface area contributed by atoms with Gasteiger partial charge in [-0.3, -0.25) is 14.9 Å². The summed E-state index contributed by atoms with van der Waals surface area (Å²) in [7, 11) is 1.46. The predicted octanol–water partition coefficient (Wildman–Crippen LogP) is 1.79. The number of aliphatic hydroxyl groups is 1. The number of allylic oxidation sites excluding steroid dienone is 1. The molecule has 3 N–H and O–H groups in total. The van der Waals surface area contributed by atoms with Crippen LogP contribution in [0.15, 0.2) is 41.4 Å². The predicted molar refractivity (Wildman–Crippen MR) is 105 cm³/mol. The molecule has 8 nitrogen and oxygen atoms in total. The third kappa shape index (κ3) is 3.22. The topological polar surface area (TPSA) is 117 Å². The first-order valence-corrected chi connectivity index (χ1v) is 8.86. The molecule has 0 atom stereocenters. The Morgan fingerprint density at radius 2 is 2.07 bits per heavy atom. The molecular weight excluding hydrogens is 360 g/mol. The van der Waals surface area contributed by atoms with Gasteiger partial charge in [0, 0.05) is 47.8 Å². The van der Waals surface area contributed by atoms with E-state index in [4.69, 9.17) is 15.3 Å². The van der Waals surface area contributed by atoms with Gasteiger partial charge in [0.15, 0.2) is 0 Å². The van der Waals surface area contributed by atoms with E-state index in [0.717, 1.165) is 5.39 Å². The molecule has 3 heterocycles. The van der Waals surface area contributed by atoms with Gasteiger partial charge in [-0.1, -0.05) is 0 Å². The lowest BCUT2D eigenvalue weighted by atomic mass is 9.93. The van der Waals surface area contributed by atoms with Gasteiger partial charge in [0.1, 0.15) is 11.4 Å². The molecule has 1 aliphatic rings. The molecule has 0 saturated heterocycles. The van der Waals surface area contributed by atoms with E-state index in [2.05, 4.69) is 10.3 Å². The summed E-state index contributed by atoms with van der Waals surface area (Å²) in [6.07, 6.45) is 3.95. The van der Waals surface area contributed by atoms with Crippen molar-refractivity contribution in [1.82, 2.24) is 14.9 Å². The second kappa shape index (κ2) is 7.77. The molecule has 1 aliphatic heterocycles. The lowest BCUT2D eigenvalue weighted by Gasteiger charge is -2.11. The molecule has 28 heavy (non-hydrogen) atoms. The third-order valence-corrected chi connectivity index (χ3v) is 4.67. The number of nitrogens with zero attached hydrogens (tertiary/aromatic N) is 2. The minimum Gasteiger partial charge on any atom is -0.501 e. The molecule has 3 rings (SSSR count). The Bertz CT molecular complexity index is 1050. The monoisotopic (exact) mass is 382 g/mol. The first-order valence-electron chi connectivity index (χ1n) is 8.86. The number of rotatable bonds is 7. The summed E-state index contributed by atoms with van der Waals surface area (Å²) >= 11 is 0. The number of pyridine rings is 1. The second-order valence-electron chi connectivity index (χ2n) is 6.48. The zero-order chi connectivity index (χ0) is 20.4. The van der Waals surface area contributed by atoms with E-state index >= 15 is 0 Å². The molecule has 0 aromatic carbocycles. The number of aromatic nitrogens is 2. The smallest absolute Gasteiger partial charge is 0.259 e. The van der Waals surface area contributed by atoms with Crippen LogP contribution in [-0.2, 0) is 20.9 Å². The number of fused-ring (bicyclic) bond motifs is 1. The van der Waals surface area contributed by atoms with Crippen molar-refractivity contribution >= 4 is 34.1 Å². The van der Waals surface area contributed by atoms with Crippen LogP contribution < -0.4 is 5.32 Å². The Morgan fingerprint density at radius 3 is 2.71 bits per heavy atom. The summed E-state index contributed by atoms with van der Waals surface area (Å²) in [5.41, 5.74) is 1.96. The number of aliphatic hydroxyl groups excluding tert-OH is 1. The van der Waals surface area contributed by atoms with E-state index in [0.29, 0.717) is 35.5 Å². The van der Waals surface area contributed by atoms with Crippen LogP contribution in [0.3, 0.4) is 0 Å². The highest BCUT2D eigenvalue weighted by Crippen LogP contribution is 2.35. The Balaban J connectivity index is 2.33. The molecule has 0 fully saturated rings. The highest BCUT2D eigenvalue weighted by molar-refractivity contribution is 6.40. The molecule has 146 valence electrons. The van der Waals surface area contributed by atoms with Gasteiger partial charge < -0.3 is 19.8 Å². The van der Waals surface area contributed by atoms with E-state index < -0.39 is 11.8 Å². The summed E-state index contributed by atoms with van der Waals surface area (Å²) in [5.74, 6) is -0.696. The van der Waals surface area contributed by atoms with Crippen molar-refractivity contribution in [3.8, 4) is 0 Å². The fraction of sp³-hybridized carbons (Fsp3) is 0.300. The number of aryl methyl sites for hydroxylation is 1. The molecule has 0 radical (unpaired) electrons. The number of amides is 2. The highest BCUT2D eigenvalue weighted by Gasteiger charge is 2.36. The fourth-order valence-electron chi connectivity index (χ4n) is 3.41. The Kier molecular flexibility index (Phi) is 5.41. The van der Waals surface area contributed by atoms with Crippen LogP contribution >= 0.6 is 0 Å². The van der Waals surface area contributed by atoms with Crippen molar-refractivity contribution in [1.29, 1.82) is 5.41 Å². The molecule has 0 saturated carbocycles. The van der Waals surface area contributed by atoms with Crippen molar-refractivity contribution in [2.24, 2.45) is 0 Å². The standard InChI is InChI=1S/C20H22N4O4/c1-11(21)15(12(2)28-3)17-16(19(26)23-20(17)27)14-10-24(8-5-9-25)18-13(14)6-4-7-22-18/h4,6-7,10,21,25H,5,8-9H2,1-3H3,(H,23,26,27)/b15-12+,21-11?.